The van der Waals surface area contributed by atoms with Crippen LogP contribution in [0.3, 0.4) is 0 Å². The number of amides is 1. The van der Waals surface area contributed by atoms with Crippen molar-refractivity contribution in [3.63, 3.8) is 0 Å². The third-order valence-electron chi connectivity index (χ3n) is 4.56. The van der Waals surface area contributed by atoms with E-state index in [0.717, 1.165) is 17.0 Å². The minimum absolute atomic E-state index is 0.0254. The zero-order valence-corrected chi connectivity index (χ0v) is 17.0. The fraction of sp³-hybridized carbons (Fsp3) is 0.143. The molecule has 0 unspecified atom stereocenters. The minimum atomic E-state index is -0.525. The maximum atomic E-state index is 13.4. The Morgan fingerprint density at radius 2 is 2.00 bits per heavy atom. The Hall–Kier alpha value is -3.52. The van der Waals surface area contributed by atoms with Crippen molar-refractivity contribution in [3.05, 3.63) is 92.0 Å². The van der Waals surface area contributed by atoms with Crippen LogP contribution in [-0.4, -0.2) is 21.6 Å². The first-order valence-electron chi connectivity index (χ1n) is 8.96. The maximum Gasteiger partial charge on any atom is 0.273 e. The van der Waals surface area contributed by atoms with Crippen molar-refractivity contribution in [2.75, 3.05) is 0 Å². The Labute approximate surface area is 176 Å². The molecule has 30 heavy (non-hydrogen) atoms. The lowest BCUT2D eigenvalue weighted by Crippen LogP contribution is -2.20. The highest BCUT2D eigenvalue weighted by molar-refractivity contribution is 6.30. The van der Waals surface area contributed by atoms with E-state index in [1.807, 2.05) is 24.5 Å². The third-order valence-corrected chi connectivity index (χ3v) is 4.85. The molecule has 0 radical (unpaired) electrons. The average molecular weight is 429 g/mol. The van der Waals surface area contributed by atoms with Crippen LogP contribution < -0.4 is 5.43 Å². The van der Waals surface area contributed by atoms with Crippen LogP contribution in [0.5, 0.6) is 0 Å². The molecule has 2 aromatic carbocycles. The summed E-state index contributed by atoms with van der Waals surface area (Å²) < 4.78 is 15.3. The van der Waals surface area contributed by atoms with Gasteiger partial charge >= 0.3 is 0 Å². The predicted molar refractivity (Wildman–Crippen MR) is 113 cm³/mol. The number of nitro groups is 1. The van der Waals surface area contributed by atoms with E-state index < -0.39 is 16.6 Å². The number of para-hydroxylation sites is 1. The van der Waals surface area contributed by atoms with E-state index in [2.05, 4.69) is 10.5 Å². The molecule has 0 aliphatic carbocycles. The molecular weight excluding hydrogens is 411 g/mol. The van der Waals surface area contributed by atoms with E-state index in [9.17, 15) is 19.3 Å². The number of hydrazone groups is 1. The highest BCUT2D eigenvalue weighted by atomic mass is 35.5. The van der Waals surface area contributed by atoms with Gasteiger partial charge in [0.15, 0.2) is 0 Å². The number of carbonyl (C=O) groups excluding carboxylic acids is 1. The number of hydrogen-bond acceptors (Lipinski definition) is 4. The number of nitrogens with one attached hydrogen (secondary N) is 1. The molecule has 0 bridgehead atoms. The van der Waals surface area contributed by atoms with Crippen LogP contribution >= 0.6 is 11.6 Å². The van der Waals surface area contributed by atoms with Gasteiger partial charge < -0.3 is 4.57 Å². The zero-order valence-electron chi connectivity index (χ0n) is 16.2. The van der Waals surface area contributed by atoms with Crippen LogP contribution in [0, 0.1) is 29.8 Å². The molecule has 0 fully saturated rings. The lowest BCUT2D eigenvalue weighted by atomic mass is 10.1. The van der Waals surface area contributed by atoms with Gasteiger partial charge in [0.2, 0.25) is 5.91 Å². The number of nitro benzene ring substituents is 1. The number of halogens is 2. The molecule has 1 N–H and O–H groups in total. The van der Waals surface area contributed by atoms with Gasteiger partial charge in [0.05, 0.1) is 22.6 Å². The average Bonchev–Trinajstić information content (AvgIpc) is 2.98. The van der Waals surface area contributed by atoms with Crippen molar-refractivity contribution in [3.8, 4) is 5.69 Å². The molecule has 0 atom stereocenters. The molecular formula is C21H18ClFN4O3. The second-order valence-corrected chi connectivity index (χ2v) is 7.02. The standard InChI is InChI=1S/C21H18ClFN4O3/c1-13-9-16(14(2)26(13)17-7-8-19(23)18(22)11-17)12-24-25-21(28)10-15-5-3-4-6-20(15)27(29)30/h3-9,11-12H,10H2,1-2H3,(H,25,28)/b24-12+. The number of hydrogen-bond donors (Lipinski definition) is 1. The number of aryl methyl sites for hydroxylation is 1. The first kappa shape index (κ1) is 21.2. The molecule has 1 heterocycles. The van der Waals surface area contributed by atoms with Gasteiger partial charge in [-0.15, -0.1) is 0 Å². The van der Waals surface area contributed by atoms with Crippen molar-refractivity contribution >= 4 is 29.4 Å². The summed E-state index contributed by atoms with van der Waals surface area (Å²) in [6.45, 7) is 3.75. The summed E-state index contributed by atoms with van der Waals surface area (Å²) in [4.78, 5) is 22.6. The fourth-order valence-corrected chi connectivity index (χ4v) is 3.34. The number of benzene rings is 2. The summed E-state index contributed by atoms with van der Waals surface area (Å²) in [6.07, 6.45) is 1.32. The van der Waals surface area contributed by atoms with Crippen LogP contribution in [0.2, 0.25) is 5.02 Å². The van der Waals surface area contributed by atoms with Gasteiger partial charge in [0, 0.05) is 34.3 Å². The Bertz CT molecular complexity index is 1160. The van der Waals surface area contributed by atoms with Crippen molar-refractivity contribution in [1.29, 1.82) is 0 Å². The number of nitrogens with zero attached hydrogens (tertiary/aromatic N) is 3. The van der Waals surface area contributed by atoms with E-state index in [1.54, 1.807) is 18.2 Å². The summed E-state index contributed by atoms with van der Waals surface area (Å²) in [6, 6.07) is 12.4. The Balaban J connectivity index is 1.74. The number of aromatic nitrogens is 1. The molecule has 1 aromatic heterocycles. The minimum Gasteiger partial charge on any atom is -0.318 e. The molecule has 0 saturated heterocycles. The third kappa shape index (κ3) is 4.55. The quantitative estimate of drug-likeness (QED) is 0.356. The Kier molecular flexibility index (Phi) is 6.27. The van der Waals surface area contributed by atoms with E-state index in [-0.39, 0.29) is 17.1 Å². The van der Waals surface area contributed by atoms with Crippen LogP contribution in [0.4, 0.5) is 10.1 Å². The normalized spacial score (nSPS) is 11.1. The monoisotopic (exact) mass is 428 g/mol. The number of carbonyl (C=O) groups is 1. The van der Waals surface area contributed by atoms with Gasteiger partial charge in [0.1, 0.15) is 5.82 Å². The molecule has 0 aliphatic rings. The molecule has 0 aliphatic heterocycles. The second-order valence-electron chi connectivity index (χ2n) is 6.62. The fourth-order valence-electron chi connectivity index (χ4n) is 3.16. The molecule has 3 rings (SSSR count). The van der Waals surface area contributed by atoms with Crippen LogP contribution in [0.1, 0.15) is 22.5 Å². The largest absolute Gasteiger partial charge is 0.318 e. The van der Waals surface area contributed by atoms with Gasteiger partial charge in [0.25, 0.3) is 5.69 Å². The zero-order chi connectivity index (χ0) is 21.8. The SMILES string of the molecule is Cc1cc(/C=N/NC(=O)Cc2ccccc2[N+](=O)[O-])c(C)n1-c1ccc(F)c(Cl)c1. The summed E-state index contributed by atoms with van der Waals surface area (Å²) in [5.41, 5.74) is 5.74. The van der Waals surface area contributed by atoms with E-state index in [4.69, 9.17) is 11.6 Å². The van der Waals surface area contributed by atoms with E-state index in [1.165, 1.54) is 30.5 Å². The molecule has 9 heteroatoms. The van der Waals surface area contributed by atoms with Crippen LogP contribution in [-0.2, 0) is 11.2 Å². The molecule has 7 nitrogen and oxygen atoms in total. The van der Waals surface area contributed by atoms with Crippen LogP contribution in [0.25, 0.3) is 5.69 Å². The summed E-state index contributed by atoms with van der Waals surface area (Å²) >= 11 is 5.89. The van der Waals surface area contributed by atoms with Gasteiger partial charge in [-0.25, -0.2) is 9.82 Å². The molecule has 0 saturated carbocycles. The summed E-state index contributed by atoms with van der Waals surface area (Å²) in [5, 5.41) is 15.0. The van der Waals surface area contributed by atoms with E-state index >= 15 is 0 Å². The molecule has 154 valence electrons. The van der Waals surface area contributed by atoms with E-state index in [0.29, 0.717) is 11.3 Å². The summed E-state index contributed by atoms with van der Waals surface area (Å²) in [5.74, 6) is -0.967. The lowest BCUT2D eigenvalue weighted by Gasteiger charge is -2.10. The van der Waals surface area contributed by atoms with Gasteiger partial charge in [-0.3, -0.25) is 14.9 Å². The topological polar surface area (TPSA) is 89.5 Å². The van der Waals surface area contributed by atoms with Crippen molar-refractivity contribution in [2.45, 2.75) is 20.3 Å². The van der Waals surface area contributed by atoms with Gasteiger partial charge in [-0.2, -0.15) is 5.10 Å². The van der Waals surface area contributed by atoms with Gasteiger partial charge in [-0.1, -0.05) is 29.8 Å². The highest BCUT2D eigenvalue weighted by Gasteiger charge is 2.15. The van der Waals surface area contributed by atoms with Crippen molar-refractivity contribution in [1.82, 2.24) is 9.99 Å². The smallest absolute Gasteiger partial charge is 0.273 e. The van der Waals surface area contributed by atoms with Crippen molar-refractivity contribution < 1.29 is 14.1 Å². The van der Waals surface area contributed by atoms with Crippen LogP contribution in [0.15, 0.2) is 53.6 Å². The molecule has 0 spiro atoms. The molecule has 3 aromatic rings. The van der Waals surface area contributed by atoms with Crippen molar-refractivity contribution in [2.24, 2.45) is 5.10 Å². The lowest BCUT2D eigenvalue weighted by molar-refractivity contribution is -0.385. The Morgan fingerprint density at radius 1 is 1.27 bits per heavy atom. The predicted octanol–water partition coefficient (Wildman–Crippen LogP) is 4.49. The summed E-state index contributed by atoms with van der Waals surface area (Å²) in [7, 11) is 0. The first-order chi connectivity index (χ1) is 14.3. The van der Waals surface area contributed by atoms with Gasteiger partial charge in [-0.05, 0) is 38.1 Å². The highest BCUT2D eigenvalue weighted by Crippen LogP contribution is 2.24. The maximum absolute atomic E-state index is 13.4. The second kappa shape index (κ2) is 8.87. The Morgan fingerprint density at radius 3 is 2.70 bits per heavy atom. The first-order valence-corrected chi connectivity index (χ1v) is 9.34. The molecule has 1 amide bonds. The number of rotatable bonds is 6.